The minimum absolute atomic E-state index is 0.00834. The largest absolute Gasteiger partial charge is 0.484 e. The van der Waals surface area contributed by atoms with Gasteiger partial charge in [0, 0.05) is 43.2 Å². The maximum Gasteiger partial charge on any atom is 0.261 e. The molecule has 1 atom stereocenters. The summed E-state index contributed by atoms with van der Waals surface area (Å²) in [6, 6.07) is 19.2. The maximum absolute atomic E-state index is 13.6. The van der Waals surface area contributed by atoms with E-state index in [9.17, 15) is 9.59 Å². The number of amides is 2. The first-order valence-corrected chi connectivity index (χ1v) is 13.3. The van der Waals surface area contributed by atoms with Crippen LogP contribution in [0.25, 0.3) is 0 Å². The van der Waals surface area contributed by atoms with Crippen LogP contribution in [0.15, 0.2) is 66.9 Å². The quantitative estimate of drug-likeness (QED) is 0.283. The second-order valence-electron chi connectivity index (χ2n) is 9.38. The summed E-state index contributed by atoms with van der Waals surface area (Å²) in [6.45, 7) is 7.79. The van der Waals surface area contributed by atoms with Crippen LogP contribution in [0.1, 0.15) is 37.1 Å². The molecule has 1 aromatic heterocycles. The molecule has 0 aliphatic heterocycles. The number of nitrogens with zero attached hydrogens (tertiary/aromatic N) is 3. The lowest BCUT2D eigenvalue weighted by Gasteiger charge is -2.32. The molecule has 0 aliphatic carbocycles. The highest BCUT2D eigenvalue weighted by Gasteiger charge is 2.25. The van der Waals surface area contributed by atoms with Gasteiger partial charge in [0.15, 0.2) is 6.61 Å². The normalized spacial score (nSPS) is 11.7. The van der Waals surface area contributed by atoms with Gasteiger partial charge in [-0.05, 0) is 67.8 Å². The zero-order valence-corrected chi connectivity index (χ0v) is 23.5. The van der Waals surface area contributed by atoms with Crippen molar-refractivity contribution >= 4 is 23.4 Å². The Balaban J connectivity index is 1.71. The molecule has 3 rings (SSSR count). The van der Waals surface area contributed by atoms with Crippen molar-refractivity contribution in [1.29, 1.82) is 0 Å². The van der Waals surface area contributed by atoms with Gasteiger partial charge >= 0.3 is 0 Å². The van der Waals surface area contributed by atoms with E-state index < -0.39 is 0 Å². The number of rotatable bonds is 14. The van der Waals surface area contributed by atoms with Crippen molar-refractivity contribution in [2.45, 2.75) is 46.3 Å². The molecule has 204 valence electrons. The molecule has 1 unspecified atom stereocenters. The third-order valence-electron chi connectivity index (χ3n) is 6.72. The number of halogens is 1. The molecule has 0 saturated carbocycles. The average molecular weight is 540 g/mol. The topological polar surface area (TPSA) is 64.0 Å². The van der Waals surface area contributed by atoms with Crippen molar-refractivity contribution in [1.82, 2.24) is 14.4 Å². The lowest BCUT2D eigenvalue weighted by molar-refractivity contribution is -0.143. The summed E-state index contributed by atoms with van der Waals surface area (Å²) in [6.07, 6.45) is 2.85. The Bertz CT molecular complexity index is 1180. The average Bonchev–Trinajstić information content (AvgIpc) is 3.36. The third-order valence-corrected chi connectivity index (χ3v) is 6.97. The number of hydrogen-bond acceptors (Lipinski definition) is 4. The van der Waals surface area contributed by atoms with Crippen LogP contribution < -0.4 is 4.74 Å². The van der Waals surface area contributed by atoms with E-state index in [0.717, 1.165) is 18.7 Å². The predicted molar refractivity (Wildman–Crippen MR) is 150 cm³/mol. The van der Waals surface area contributed by atoms with E-state index in [4.69, 9.17) is 21.1 Å². The second-order valence-corrected chi connectivity index (χ2v) is 9.82. The molecule has 3 aromatic rings. The van der Waals surface area contributed by atoms with E-state index in [1.54, 1.807) is 31.4 Å². The Morgan fingerprint density at radius 2 is 1.76 bits per heavy atom. The number of aromatic nitrogens is 1. The second kappa shape index (κ2) is 14.6. The third kappa shape index (κ3) is 8.36. The van der Waals surface area contributed by atoms with Crippen LogP contribution >= 0.6 is 11.6 Å². The highest BCUT2D eigenvalue weighted by atomic mass is 35.5. The van der Waals surface area contributed by atoms with E-state index in [0.29, 0.717) is 30.5 Å². The highest BCUT2D eigenvalue weighted by molar-refractivity contribution is 6.30. The fraction of sp³-hybridized carbons (Fsp3) is 0.400. The molecular formula is C30H38ClN3O4. The van der Waals surface area contributed by atoms with Gasteiger partial charge in [0.2, 0.25) is 5.91 Å². The zero-order valence-electron chi connectivity index (χ0n) is 22.7. The number of carbonyl (C=O) groups is 2. The summed E-state index contributed by atoms with van der Waals surface area (Å²) in [5, 5.41) is 0.589. The molecule has 0 N–H and O–H groups in total. The first-order chi connectivity index (χ1) is 18.3. The fourth-order valence-electron chi connectivity index (χ4n) is 4.12. The number of methoxy groups -OCH3 is 1. The number of carbonyl (C=O) groups excluding carboxylic acids is 2. The van der Waals surface area contributed by atoms with Crippen LogP contribution in [0.5, 0.6) is 5.75 Å². The van der Waals surface area contributed by atoms with Gasteiger partial charge in [-0.2, -0.15) is 0 Å². The van der Waals surface area contributed by atoms with Gasteiger partial charge in [-0.1, -0.05) is 42.8 Å². The number of aryl methyl sites for hydroxylation is 1. The van der Waals surface area contributed by atoms with Crippen molar-refractivity contribution in [3.05, 3.63) is 88.7 Å². The minimum Gasteiger partial charge on any atom is -0.484 e. The number of ether oxygens (including phenoxy) is 2. The Hall–Kier alpha value is -3.29. The summed E-state index contributed by atoms with van der Waals surface area (Å²) in [5.41, 5.74) is 3.52. The van der Waals surface area contributed by atoms with Crippen molar-refractivity contribution in [2.24, 2.45) is 0 Å². The molecule has 8 heteroatoms. The highest BCUT2D eigenvalue weighted by Crippen LogP contribution is 2.17. The summed E-state index contributed by atoms with van der Waals surface area (Å²) in [5.74, 6) is 0.146. The van der Waals surface area contributed by atoms with Gasteiger partial charge in [0.25, 0.3) is 5.91 Å². The molecule has 7 nitrogen and oxygen atoms in total. The van der Waals surface area contributed by atoms with E-state index in [1.165, 1.54) is 16.0 Å². The first-order valence-electron chi connectivity index (χ1n) is 13.0. The SMILES string of the molecule is CCC(C)N(Cc1cccn1Cc1ccccc1C)C(=O)CN(CCOC)C(=O)COc1ccc(Cl)cc1. The summed E-state index contributed by atoms with van der Waals surface area (Å²) in [7, 11) is 1.57. The Labute approximate surface area is 230 Å². The van der Waals surface area contributed by atoms with E-state index in [1.807, 2.05) is 36.2 Å². The van der Waals surface area contributed by atoms with E-state index in [2.05, 4.69) is 36.6 Å². The van der Waals surface area contributed by atoms with Gasteiger partial charge in [-0.15, -0.1) is 0 Å². The summed E-state index contributed by atoms with van der Waals surface area (Å²) < 4.78 is 13.0. The Kier molecular flexibility index (Phi) is 11.2. The minimum atomic E-state index is -0.280. The molecule has 0 spiro atoms. The van der Waals surface area contributed by atoms with Gasteiger partial charge in [0.05, 0.1) is 19.7 Å². The van der Waals surface area contributed by atoms with Crippen LogP contribution in [0, 0.1) is 6.92 Å². The Morgan fingerprint density at radius 1 is 1.03 bits per heavy atom. The molecule has 0 fully saturated rings. The molecule has 0 aliphatic rings. The molecule has 1 heterocycles. The van der Waals surface area contributed by atoms with Gasteiger partial charge in [-0.3, -0.25) is 9.59 Å². The van der Waals surface area contributed by atoms with Crippen molar-refractivity contribution in [3.63, 3.8) is 0 Å². The summed E-state index contributed by atoms with van der Waals surface area (Å²) >= 11 is 5.93. The van der Waals surface area contributed by atoms with Gasteiger partial charge in [-0.25, -0.2) is 0 Å². The van der Waals surface area contributed by atoms with Gasteiger partial charge < -0.3 is 23.8 Å². The van der Waals surface area contributed by atoms with Crippen LogP contribution in [0.4, 0.5) is 0 Å². The standard InChI is InChI=1S/C30H38ClN3O4/c1-5-24(3)34(20-27-11-8-16-32(27)19-25-10-7-6-9-23(25)2)29(35)21-33(17-18-37-4)30(36)22-38-28-14-12-26(31)13-15-28/h6-16,24H,5,17-22H2,1-4H3. The van der Waals surface area contributed by atoms with Gasteiger partial charge in [0.1, 0.15) is 5.75 Å². The maximum atomic E-state index is 13.6. The Morgan fingerprint density at radius 3 is 2.45 bits per heavy atom. The summed E-state index contributed by atoms with van der Waals surface area (Å²) in [4.78, 5) is 30.0. The van der Waals surface area contributed by atoms with Crippen molar-refractivity contribution in [2.75, 3.05) is 33.4 Å². The molecular weight excluding hydrogens is 502 g/mol. The predicted octanol–water partition coefficient (Wildman–Crippen LogP) is 5.18. The lowest BCUT2D eigenvalue weighted by atomic mass is 10.1. The molecule has 0 saturated heterocycles. The molecule has 0 radical (unpaired) electrons. The van der Waals surface area contributed by atoms with E-state index in [-0.39, 0.29) is 31.0 Å². The van der Waals surface area contributed by atoms with Crippen LogP contribution in [0.2, 0.25) is 5.02 Å². The monoisotopic (exact) mass is 539 g/mol. The van der Waals surface area contributed by atoms with Crippen LogP contribution in [-0.4, -0.2) is 65.6 Å². The lowest BCUT2D eigenvalue weighted by Crippen LogP contribution is -2.48. The smallest absolute Gasteiger partial charge is 0.261 e. The number of benzene rings is 2. The molecule has 38 heavy (non-hydrogen) atoms. The molecule has 2 aromatic carbocycles. The molecule has 0 bridgehead atoms. The molecule has 2 amide bonds. The van der Waals surface area contributed by atoms with Crippen LogP contribution in [0.3, 0.4) is 0 Å². The van der Waals surface area contributed by atoms with Crippen LogP contribution in [-0.2, 0) is 27.4 Å². The van der Waals surface area contributed by atoms with Crippen molar-refractivity contribution in [3.8, 4) is 5.75 Å². The zero-order chi connectivity index (χ0) is 27.5. The first kappa shape index (κ1) is 29.3. The fourth-order valence-corrected chi connectivity index (χ4v) is 4.24. The van der Waals surface area contributed by atoms with E-state index >= 15 is 0 Å². The van der Waals surface area contributed by atoms with Crippen molar-refractivity contribution < 1.29 is 19.1 Å². The number of hydrogen-bond donors (Lipinski definition) is 0.